The summed E-state index contributed by atoms with van der Waals surface area (Å²) in [4.78, 5) is 15.7. The van der Waals surface area contributed by atoms with Crippen molar-refractivity contribution in [3.63, 3.8) is 0 Å². The number of nitrogens with one attached hydrogen (secondary N) is 1. The van der Waals surface area contributed by atoms with Gasteiger partial charge in [-0.2, -0.15) is 0 Å². The van der Waals surface area contributed by atoms with Gasteiger partial charge in [0.1, 0.15) is 23.5 Å². The smallest absolute Gasteiger partial charge is 0.250 e. The minimum Gasteiger partial charge on any atom is -0.312 e. The number of amides is 1. The molecule has 18 heavy (non-hydrogen) atoms. The maximum absolute atomic E-state index is 13.4. The molecule has 5 heteroatoms. The zero-order chi connectivity index (χ0) is 13.1. The molecule has 0 radical (unpaired) electrons. The van der Waals surface area contributed by atoms with Gasteiger partial charge in [-0.25, -0.2) is 8.78 Å². The van der Waals surface area contributed by atoms with Crippen LogP contribution in [0.3, 0.4) is 0 Å². The molecule has 0 saturated carbocycles. The predicted molar refractivity (Wildman–Crippen MR) is 64.3 cm³/mol. The Morgan fingerprint density at radius 3 is 2.83 bits per heavy atom. The van der Waals surface area contributed by atoms with Crippen LogP contribution in [0.5, 0.6) is 0 Å². The Kier molecular flexibility index (Phi) is 3.69. The average Bonchev–Trinajstić information content (AvgIpc) is 2.64. The molecule has 1 aromatic carbocycles. The lowest BCUT2D eigenvalue weighted by Gasteiger charge is -2.03. The molecule has 3 nitrogen and oxygen atoms in total. The molecule has 1 amide bonds. The highest BCUT2D eigenvalue weighted by Crippen LogP contribution is 2.14. The van der Waals surface area contributed by atoms with Crippen molar-refractivity contribution in [1.29, 1.82) is 0 Å². The third-order valence-corrected chi connectivity index (χ3v) is 2.82. The first-order valence-electron chi connectivity index (χ1n) is 5.91. The van der Waals surface area contributed by atoms with Crippen LogP contribution in [-0.2, 0) is 11.2 Å². The zero-order valence-electron chi connectivity index (χ0n) is 10.0. The number of hydrogen-bond donors (Lipinski definition) is 1. The topological polar surface area (TPSA) is 41.5 Å². The van der Waals surface area contributed by atoms with Gasteiger partial charge >= 0.3 is 0 Å². The van der Waals surface area contributed by atoms with Gasteiger partial charge in [-0.1, -0.05) is 19.4 Å². The molecule has 0 spiro atoms. The summed E-state index contributed by atoms with van der Waals surface area (Å²) in [6.45, 7) is 1.97. The molecule has 0 aliphatic carbocycles. The van der Waals surface area contributed by atoms with Crippen LogP contribution in [0.2, 0.25) is 0 Å². The van der Waals surface area contributed by atoms with Crippen LogP contribution in [0.4, 0.5) is 8.78 Å². The number of rotatable bonds is 4. The third kappa shape index (κ3) is 2.72. The molecule has 0 aromatic heterocycles. The van der Waals surface area contributed by atoms with E-state index >= 15 is 0 Å². The van der Waals surface area contributed by atoms with Crippen LogP contribution in [0, 0.1) is 11.6 Å². The maximum atomic E-state index is 13.4. The Balaban J connectivity index is 2.10. The minimum atomic E-state index is -0.620. The highest BCUT2D eigenvalue weighted by Gasteiger charge is 2.25. The molecular formula is C13H14F2N2O. The van der Waals surface area contributed by atoms with E-state index in [1.165, 1.54) is 12.1 Å². The van der Waals surface area contributed by atoms with Gasteiger partial charge in [0.05, 0.1) is 0 Å². The molecular weight excluding hydrogens is 238 g/mol. The number of carbonyl (C=O) groups excluding carboxylic acids is 1. The van der Waals surface area contributed by atoms with E-state index in [4.69, 9.17) is 0 Å². The molecule has 1 atom stereocenters. The van der Waals surface area contributed by atoms with Gasteiger partial charge in [0.15, 0.2) is 0 Å². The third-order valence-electron chi connectivity index (χ3n) is 2.82. The normalized spacial score (nSPS) is 18.7. The van der Waals surface area contributed by atoms with Crippen molar-refractivity contribution in [2.45, 2.75) is 32.2 Å². The van der Waals surface area contributed by atoms with E-state index < -0.39 is 11.6 Å². The lowest BCUT2D eigenvalue weighted by atomic mass is 10.1. The van der Waals surface area contributed by atoms with Crippen LogP contribution in [-0.4, -0.2) is 17.8 Å². The molecule has 1 aliphatic heterocycles. The van der Waals surface area contributed by atoms with Gasteiger partial charge in [0.25, 0.3) is 0 Å². The number of benzene rings is 1. The van der Waals surface area contributed by atoms with Crippen molar-refractivity contribution in [3.8, 4) is 0 Å². The van der Waals surface area contributed by atoms with Crippen LogP contribution in [0.1, 0.15) is 25.3 Å². The Morgan fingerprint density at radius 2 is 2.17 bits per heavy atom. The van der Waals surface area contributed by atoms with Gasteiger partial charge in [-0.3, -0.25) is 9.79 Å². The average molecular weight is 252 g/mol. The van der Waals surface area contributed by atoms with Crippen molar-refractivity contribution in [2.75, 3.05) is 0 Å². The summed E-state index contributed by atoms with van der Waals surface area (Å²) in [5.74, 6) is -0.929. The number of nitrogens with zero attached hydrogens (tertiary/aromatic N) is 1. The second-order valence-corrected chi connectivity index (χ2v) is 4.28. The first-order valence-corrected chi connectivity index (χ1v) is 5.91. The Bertz CT molecular complexity index is 500. The monoisotopic (exact) mass is 252 g/mol. The molecule has 1 aliphatic rings. The molecule has 0 bridgehead atoms. The molecule has 1 unspecified atom stereocenters. The Hall–Kier alpha value is -1.78. The molecule has 1 N–H and O–H groups in total. The first-order chi connectivity index (χ1) is 8.60. The fourth-order valence-corrected chi connectivity index (χ4v) is 1.91. The quantitative estimate of drug-likeness (QED) is 0.877. The van der Waals surface area contributed by atoms with E-state index in [0.29, 0.717) is 17.8 Å². The highest BCUT2D eigenvalue weighted by molar-refractivity contribution is 6.06. The van der Waals surface area contributed by atoms with Gasteiger partial charge in [0, 0.05) is 12.5 Å². The van der Waals surface area contributed by atoms with Gasteiger partial charge in [-0.05, 0) is 18.1 Å². The van der Waals surface area contributed by atoms with Crippen molar-refractivity contribution >= 4 is 11.7 Å². The van der Waals surface area contributed by atoms with E-state index in [9.17, 15) is 13.6 Å². The molecule has 0 saturated heterocycles. The minimum absolute atomic E-state index is 0.144. The number of halogens is 2. The van der Waals surface area contributed by atoms with Crippen LogP contribution in [0.25, 0.3) is 0 Å². The summed E-state index contributed by atoms with van der Waals surface area (Å²) >= 11 is 0. The van der Waals surface area contributed by atoms with E-state index in [0.717, 1.165) is 12.5 Å². The van der Waals surface area contributed by atoms with E-state index in [2.05, 4.69) is 10.3 Å². The second-order valence-electron chi connectivity index (χ2n) is 4.28. The Morgan fingerprint density at radius 1 is 1.39 bits per heavy atom. The maximum Gasteiger partial charge on any atom is 0.250 e. The molecule has 0 fully saturated rings. The number of carbonyl (C=O) groups is 1. The summed E-state index contributed by atoms with van der Waals surface area (Å²) in [6, 6.07) is 3.02. The van der Waals surface area contributed by atoms with Crippen LogP contribution >= 0.6 is 0 Å². The molecule has 2 rings (SSSR count). The molecule has 1 heterocycles. The van der Waals surface area contributed by atoms with Gasteiger partial charge in [-0.15, -0.1) is 0 Å². The van der Waals surface area contributed by atoms with E-state index in [1.807, 2.05) is 6.92 Å². The number of hydrogen-bond acceptors (Lipinski definition) is 2. The fourth-order valence-electron chi connectivity index (χ4n) is 1.91. The van der Waals surface area contributed by atoms with E-state index in [1.54, 1.807) is 0 Å². The van der Waals surface area contributed by atoms with Gasteiger partial charge < -0.3 is 5.32 Å². The fraction of sp³-hybridized carbons (Fsp3) is 0.385. The zero-order valence-corrected chi connectivity index (χ0v) is 10.0. The van der Waals surface area contributed by atoms with E-state index in [-0.39, 0.29) is 18.4 Å². The van der Waals surface area contributed by atoms with Crippen LogP contribution < -0.4 is 5.32 Å². The largest absolute Gasteiger partial charge is 0.312 e. The van der Waals surface area contributed by atoms with Crippen molar-refractivity contribution < 1.29 is 13.6 Å². The summed E-state index contributed by atoms with van der Waals surface area (Å²) in [7, 11) is 0. The lowest BCUT2D eigenvalue weighted by Crippen LogP contribution is -2.29. The number of amidine groups is 1. The lowest BCUT2D eigenvalue weighted by molar-refractivity contribution is -0.120. The highest BCUT2D eigenvalue weighted by atomic mass is 19.1. The van der Waals surface area contributed by atoms with Gasteiger partial charge in [0.2, 0.25) is 5.91 Å². The summed E-state index contributed by atoms with van der Waals surface area (Å²) in [6.07, 6.45) is 1.72. The predicted octanol–water partition coefficient (Wildman–Crippen LogP) is 2.20. The SMILES string of the molecule is CCCC1N=C(Cc2ccc(F)cc2F)NC1=O. The van der Waals surface area contributed by atoms with Crippen LogP contribution in [0.15, 0.2) is 23.2 Å². The van der Waals surface area contributed by atoms with Crippen molar-refractivity contribution in [3.05, 3.63) is 35.4 Å². The standard InChI is InChI=1S/C13H14F2N2O/c1-2-3-11-13(18)17-12(16-11)6-8-4-5-9(14)7-10(8)15/h4-5,7,11H,2-3,6H2,1H3,(H,16,17,18). The summed E-state index contributed by atoms with van der Waals surface area (Å²) in [5, 5.41) is 2.63. The van der Waals surface area contributed by atoms with Crippen molar-refractivity contribution in [1.82, 2.24) is 5.32 Å². The second kappa shape index (κ2) is 5.25. The number of aliphatic imine (C=N–C) groups is 1. The molecule has 96 valence electrons. The molecule has 1 aromatic rings. The van der Waals surface area contributed by atoms with Crippen molar-refractivity contribution in [2.24, 2.45) is 4.99 Å². The summed E-state index contributed by atoms with van der Waals surface area (Å²) in [5.41, 5.74) is 0.326. The Labute approximate surface area is 104 Å². The summed E-state index contributed by atoms with van der Waals surface area (Å²) < 4.78 is 26.2. The first kappa shape index (κ1) is 12.7.